The quantitative estimate of drug-likeness (QED) is 0.817. The van der Waals surface area contributed by atoms with Crippen LogP contribution in [0.25, 0.3) is 10.1 Å². The Kier molecular flexibility index (Phi) is 2.81. The molecule has 15 heavy (non-hydrogen) atoms. The van der Waals surface area contributed by atoms with Gasteiger partial charge in [-0.25, -0.2) is 0 Å². The van der Waals surface area contributed by atoms with Crippen LogP contribution in [-0.4, -0.2) is 0 Å². The smallest absolute Gasteiger partial charge is 0.0349 e. The minimum Gasteiger partial charge on any atom is -0.326 e. The molecule has 0 bridgehead atoms. The molecular weight excluding hydrogens is 202 g/mol. The highest BCUT2D eigenvalue weighted by Crippen LogP contribution is 2.36. The maximum atomic E-state index is 5.80. The molecule has 2 rings (SSSR count). The van der Waals surface area contributed by atoms with Gasteiger partial charge in [-0.2, -0.15) is 0 Å². The highest BCUT2D eigenvalue weighted by molar-refractivity contribution is 7.19. The van der Waals surface area contributed by atoms with Gasteiger partial charge in [0.1, 0.15) is 0 Å². The van der Waals surface area contributed by atoms with E-state index in [0.29, 0.717) is 12.5 Å². The van der Waals surface area contributed by atoms with E-state index in [1.54, 1.807) is 0 Å². The van der Waals surface area contributed by atoms with Gasteiger partial charge in [0.05, 0.1) is 0 Å². The Morgan fingerprint density at radius 3 is 2.67 bits per heavy atom. The van der Waals surface area contributed by atoms with Crippen LogP contribution in [0.1, 0.15) is 35.8 Å². The van der Waals surface area contributed by atoms with Crippen molar-refractivity contribution in [3.05, 3.63) is 34.2 Å². The normalized spacial score (nSPS) is 11.5. The number of hydrogen-bond acceptors (Lipinski definition) is 2. The largest absolute Gasteiger partial charge is 0.326 e. The van der Waals surface area contributed by atoms with Gasteiger partial charge < -0.3 is 5.73 Å². The Morgan fingerprint density at radius 2 is 2.07 bits per heavy atom. The highest BCUT2D eigenvalue weighted by atomic mass is 32.1. The second-order valence-electron chi connectivity index (χ2n) is 4.30. The number of rotatable bonds is 2. The van der Waals surface area contributed by atoms with Crippen LogP contribution in [0.4, 0.5) is 0 Å². The van der Waals surface area contributed by atoms with Crippen LogP contribution >= 0.6 is 11.3 Å². The van der Waals surface area contributed by atoms with Gasteiger partial charge in [0.25, 0.3) is 0 Å². The van der Waals surface area contributed by atoms with Gasteiger partial charge in [0.15, 0.2) is 0 Å². The summed E-state index contributed by atoms with van der Waals surface area (Å²) < 4.78 is 1.37. The maximum Gasteiger partial charge on any atom is 0.0349 e. The van der Waals surface area contributed by atoms with Crippen molar-refractivity contribution in [3.63, 3.8) is 0 Å². The predicted molar refractivity (Wildman–Crippen MR) is 68.5 cm³/mol. The Hall–Kier alpha value is -0.860. The van der Waals surface area contributed by atoms with Crippen molar-refractivity contribution in [2.45, 2.75) is 33.2 Å². The molecule has 2 heteroatoms. The molecule has 2 aromatic rings. The molecule has 0 spiro atoms. The van der Waals surface area contributed by atoms with Crippen LogP contribution in [0.15, 0.2) is 18.2 Å². The molecule has 0 fully saturated rings. The first-order valence-corrected chi connectivity index (χ1v) is 6.17. The second kappa shape index (κ2) is 3.95. The summed E-state index contributed by atoms with van der Waals surface area (Å²) in [5, 5.41) is 1.40. The van der Waals surface area contributed by atoms with Crippen molar-refractivity contribution in [1.29, 1.82) is 0 Å². The fourth-order valence-corrected chi connectivity index (χ4v) is 3.29. The van der Waals surface area contributed by atoms with Crippen LogP contribution < -0.4 is 5.73 Å². The molecule has 0 aliphatic rings. The van der Waals surface area contributed by atoms with Gasteiger partial charge >= 0.3 is 0 Å². The van der Waals surface area contributed by atoms with Crippen LogP contribution in [0.5, 0.6) is 0 Å². The Morgan fingerprint density at radius 1 is 1.33 bits per heavy atom. The van der Waals surface area contributed by atoms with Crippen LogP contribution in [0.3, 0.4) is 0 Å². The van der Waals surface area contributed by atoms with Crippen LogP contribution in [-0.2, 0) is 6.54 Å². The molecule has 1 aromatic heterocycles. The number of nitrogens with two attached hydrogens (primary N) is 1. The third kappa shape index (κ3) is 1.80. The van der Waals surface area contributed by atoms with E-state index in [0.717, 1.165) is 0 Å². The monoisotopic (exact) mass is 219 g/mol. The van der Waals surface area contributed by atoms with Gasteiger partial charge in [-0.05, 0) is 29.9 Å². The van der Waals surface area contributed by atoms with E-state index in [1.807, 2.05) is 11.3 Å². The molecule has 1 heterocycles. The van der Waals surface area contributed by atoms with E-state index < -0.39 is 0 Å². The average molecular weight is 219 g/mol. The van der Waals surface area contributed by atoms with Crippen molar-refractivity contribution >= 4 is 21.4 Å². The van der Waals surface area contributed by atoms with Gasteiger partial charge in [0.2, 0.25) is 0 Å². The number of aryl methyl sites for hydroxylation is 1. The molecular formula is C13H17NS. The maximum absolute atomic E-state index is 5.80. The summed E-state index contributed by atoms with van der Waals surface area (Å²) in [5.41, 5.74) is 8.57. The average Bonchev–Trinajstić information content (AvgIpc) is 2.55. The lowest BCUT2D eigenvalue weighted by Crippen LogP contribution is -1.98. The summed E-state index contributed by atoms with van der Waals surface area (Å²) in [6.45, 7) is 7.28. The molecule has 1 aromatic carbocycles. The molecule has 0 saturated carbocycles. The minimum atomic E-state index is 0.555. The summed E-state index contributed by atoms with van der Waals surface area (Å²) >= 11 is 1.84. The highest BCUT2D eigenvalue weighted by Gasteiger charge is 2.13. The van der Waals surface area contributed by atoms with Crippen molar-refractivity contribution in [2.75, 3.05) is 0 Å². The molecule has 0 saturated heterocycles. The van der Waals surface area contributed by atoms with Crippen molar-refractivity contribution in [3.8, 4) is 0 Å². The number of hydrogen-bond donors (Lipinski definition) is 1. The van der Waals surface area contributed by atoms with Crippen molar-refractivity contribution in [1.82, 2.24) is 0 Å². The summed E-state index contributed by atoms with van der Waals surface area (Å²) in [5.74, 6) is 0.555. The second-order valence-corrected chi connectivity index (χ2v) is 5.43. The molecule has 0 aliphatic carbocycles. The lowest BCUT2D eigenvalue weighted by molar-refractivity contribution is 0.859. The molecule has 0 amide bonds. The topological polar surface area (TPSA) is 26.0 Å². The van der Waals surface area contributed by atoms with E-state index >= 15 is 0 Å². The van der Waals surface area contributed by atoms with E-state index in [-0.39, 0.29) is 0 Å². The molecule has 80 valence electrons. The third-order valence-electron chi connectivity index (χ3n) is 2.72. The Balaban J connectivity index is 2.76. The van der Waals surface area contributed by atoms with E-state index in [1.165, 1.54) is 26.1 Å². The number of fused-ring (bicyclic) bond motifs is 1. The van der Waals surface area contributed by atoms with Crippen LogP contribution in [0.2, 0.25) is 0 Å². The molecule has 0 unspecified atom stereocenters. The Labute approximate surface area is 94.9 Å². The fourth-order valence-electron chi connectivity index (χ4n) is 2.07. The van der Waals surface area contributed by atoms with Crippen LogP contribution in [0, 0.1) is 6.92 Å². The molecule has 0 aliphatic heterocycles. The molecule has 0 radical (unpaired) electrons. The van der Waals surface area contributed by atoms with Gasteiger partial charge in [-0.1, -0.05) is 31.5 Å². The zero-order chi connectivity index (χ0) is 11.0. The first-order chi connectivity index (χ1) is 7.13. The van der Waals surface area contributed by atoms with E-state index in [4.69, 9.17) is 5.73 Å². The number of thiophene rings is 1. The van der Waals surface area contributed by atoms with Gasteiger partial charge in [-0.3, -0.25) is 0 Å². The molecule has 1 nitrogen and oxygen atoms in total. The minimum absolute atomic E-state index is 0.555. The zero-order valence-electron chi connectivity index (χ0n) is 9.50. The first-order valence-electron chi connectivity index (χ1n) is 5.35. The fraction of sp³-hybridized carbons (Fsp3) is 0.385. The molecule has 0 atom stereocenters. The molecule has 2 N–H and O–H groups in total. The summed E-state index contributed by atoms with van der Waals surface area (Å²) in [6, 6.07) is 6.66. The lowest BCUT2D eigenvalue weighted by atomic mass is 9.98. The zero-order valence-corrected chi connectivity index (χ0v) is 10.3. The third-order valence-corrected chi connectivity index (χ3v) is 3.93. The summed E-state index contributed by atoms with van der Waals surface area (Å²) in [4.78, 5) is 1.34. The standard InChI is InChI=1S/C13H17NS/c1-8(2)13-10-6-9(3)4-5-11(10)15-12(13)7-14/h4-6,8H,7,14H2,1-3H3. The van der Waals surface area contributed by atoms with E-state index in [9.17, 15) is 0 Å². The van der Waals surface area contributed by atoms with Crippen molar-refractivity contribution < 1.29 is 0 Å². The first kappa shape index (κ1) is 10.7. The number of benzene rings is 1. The summed E-state index contributed by atoms with van der Waals surface area (Å²) in [7, 11) is 0. The predicted octanol–water partition coefficient (Wildman–Crippen LogP) is 3.79. The van der Waals surface area contributed by atoms with Gasteiger partial charge in [-0.15, -0.1) is 11.3 Å². The van der Waals surface area contributed by atoms with E-state index in [2.05, 4.69) is 39.0 Å². The SMILES string of the molecule is Cc1ccc2sc(CN)c(C(C)C)c2c1. The lowest BCUT2D eigenvalue weighted by Gasteiger charge is -2.06. The van der Waals surface area contributed by atoms with Gasteiger partial charge in [0, 0.05) is 16.1 Å². The van der Waals surface area contributed by atoms with Crippen molar-refractivity contribution in [2.24, 2.45) is 5.73 Å². The Bertz CT molecular complexity index is 482. The summed E-state index contributed by atoms with van der Waals surface area (Å²) in [6.07, 6.45) is 0.